The van der Waals surface area contributed by atoms with Gasteiger partial charge < -0.3 is 10.1 Å². The van der Waals surface area contributed by atoms with Crippen molar-refractivity contribution in [2.75, 3.05) is 0 Å². The third-order valence-corrected chi connectivity index (χ3v) is 4.41. The summed E-state index contributed by atoms with van der Waals surface area (Å²) in [5.41, 5.74) is 0.605. The largest absolute Gasteiger partial charge is 0.434 e. The van der Waals surface area contributed by atoms with Gasteiger partial charge in [-0.05, 0) is 40.2 Å². The van der Waals surface area contributed by atoms with Crippen molar-refractivity contribution in [2.45, 2.75) is 19.7 Å². The Kier molecular flexibility index (Phi) is 5.77. The second kappa shape index (κ2) is 7.36. The molecule has 7 heteroatoms. The minimum atomic E-state index is -2.84. The first kappa shape index (κ1) is 15.7. The van der Waals surface area contributed by atoms with Crippen LogP contribution in [0.15, 0.2) is 34.1 Å². The molecule has 2 aromatic rings. The summed E-state index contributed by atoms with van der Waals surface area (Å²) in [5.74, 6) is 0.143. The maximum atomic E-state index is 12.3. The fraction of sp³-hybridized carbons (Fsp3) is 0.231. The predicted octanol–water partition coefficient (Wildman–Crippen LogP) is 5.06. The highest BCUT2D eigenvalue weighted by molar-refractivity contribution is 9.10. The highest BCUT2D eigenvalue weighted by Gasteiger charge is 2.10. The molecule has 0 amide bonds. The number of rotatable bonds is 6. The molecule has 0 saturated carbocycles. The van der Waals surface area contributed by atoms with Crippen LogP contribution in [-0.2, 0) is 13.1 Å². The van der Waals surface area contributed by atoms with Gasteiger partial charge in [0.2, 0.25) is 0 Å². The summed E-state index contributed by atoms with van der Waals surface area (Å²) in [6.45, 7) is -1.79. The fourth-order valence-corrected chi connectivity index (χ4v) is 3.28. The number of hydrogen-bond donors (Lipinski definition) is 1. The third-order valence-electron chi connectivity index (χ3n) is 2.48. The van der Waals surface area contributed by atoms with Gasteiger partial charge in [0.05, 0.1) is 0 Å². The first-order valence-corrected chi connectivity index (χ1v) is 7.76. The standard InChI is InChI=1S/C13H11BrClF2NOS/c14-9-4-11(20-7-9)6-18-5-8-3-10(15)1-2-12(8)19-13(16)17/h1-4,7,13,18H,5-6H2. The van der Waals surface area contributed by atoms with Gasteiger partial charge in [0.1, 0.15) is 5.75 Å². The molecule has 1 aromatic carbocycles. The Morgan fingerprint density at radius 1 is 1.30 bits per heavy atom. The molecule has 1 heterocycles. The van der Waals surface area contributed by atoms with Crippen LogP contribution in [0.4, 0.5) is 8.78 Å². The molecule has 2 rings (SSSR count). The van der Waals surface area contributed by atoms with Crippen LogP contribution >= 0.6 is 38.9 Å². The van der Waals surface area contributed by atoms with Crippen molar-refractivity contribution in [3.8, 4) is 5.75 Å². The molecule has 0 aliphatic rings. The average Bonchev–Trinajstić information content (AvgIpc) is 2.78. The molecule has 0 unspecified atom stereocenters. The number of alkyl halides is 2. The van der Waals surface area contributed by atoms with E-state index in [9.17, 15) is 8.78 Å². The van der Waals surface area contributed by atoms with Gasteiger partial charge in [-0.2, -0.15) is 8.78 Å². The predicted molar refractivity (Wildman–Crippen MR) is 80.6 cm³/mol. The summed E-state index contributed by atoms with van der Waals surface area (Å²) >= 11 is 10.9. The minimum absolute atomic E-state index is 0.143. The smallest absolute Gasteiger partial charge is 0.387 e. The van der Waals surface area contributed by atoms with Gasteiger partial charge in [0.25, 0.3) is 0 Å². The molecule has 0 saturated heterocycles. The molecule has 1 N–H and O–H groups in total. The molecule has 0 fully saturated rings. The monoisotopic (exact) mass is 381 g/mol. The van der Waals surface area contributed by atoms with E-state index in [0.717, 1.165) is 9.35 Å². The van der Waals surface area contributed by atoms with Crippen molar-refractivity contribution < 1.29 is 13.5 Å². The third kappa shape index (κ3) is 4.70. The van der Waals surface area contributed by atoms with E-state index in [1.165, 1.54) is 12.1 Å². The Morgan fingerprint density at radius 2 is 2.10 bits per heavy atom. The van der Waals surface area contributed by atoms with Crippen LogP contribution < -0.4 is 10.1 Å². The molecular formula is C13H11BrClF2NOS. The SMILES string of the molecule is FC(F)Oc1ccc(Cl)cc1CNCc1cc(Br)cs1. The van der Waals surface area contributed by atoms with Gasteiger partial charge >= 0.3 is 6.61 Å². The van der Waals surface area contributed by atoms with Crippen molar-refractivity contribution in [3.05, 3.63) is 49.6 Å². The zero-order chi connectivity index (χ0) is 14.5. The maximum Gasteiger partial charge on any atom is 0.387 e. The zero-order valence-corrected chi connectivity index (χ0v) is 13.4. The van der Waals surface area contributed by atoms with E-state index in [2.05, 4.69) is 26.0 Å². The van der Waals surface area contributed by atoms with Crippen molar-refractivity contribution in [1.29, 1.82) is 0 Å². The lowest BCUT2D eigenvalue weighted by molar-refractivity contribution is -0.0505. The van der Waals surface area contributed by atoms with Crippen molar-refractivity contribution in [1.82, 2.24) is 5.32 Å². The number of halogens is 4. The Morgan fingerprint density at radius 3 is 2.75 bits per heavy atom. The van der Waals surface area contributed by atoms with Crippen molar-refractivity contribution >= 4 is 38.9 Å². The summed E-state index contributed by atoms with van der Waals surface area (Å²) in [4.78, 5) is 1.15. The molecule has 0 atom stereocenters. The summed E-state index contributed by atoms with van der Waals surface area (Å²) in [6.07, 6.45) is 0. The lowest BCUT2D eigenvalue weighted by Gasteiger charge is -2.11. The summed E-state index contributed by atoms with van der Waals surface area (Å²) in [5, 5.41) is 5.65. The summed E-state index contributed by atoms with van der Waals surface area (Å²) in [7, 11) is 0. The molecule has 0 bridgehead atoms. The van der Waals surface area contributed by atoms with Crippen molar-refractivity contribution in [2.24, 2.45) is 0 Å². The van der Waals surface area contributed by atoms with Gasteiger partial charge in [-0.1, -0.05) is 11.6 Å². The summed E-state index contributed by atoms with van der Waals surface area (Å²) in [6, 6.07) is 6.61. The highest BCUT2D eigenvalue weighted by Crippen LogP contribution is 2.25. The Labute approximate surface area is 132 Å². The highest BCUT2D eigenvalue weighted by atomic mass is 79.9. The van der Waals surface area contributed by atoms with Crippen LogP contribution in [0.25, 0.3) is 0 Å². The normalized spacial score (nSPS) is 11.1. The molecule has 0 aliphatic carbocycles. The second-order valence-corrected chi connectivity index (χ2v) is 6.31. The maximum absolute atomic E-state index is 12.3. The van der Waals surface area contributed by atoms with Gasteiger partial charge in [0.15, 0.2) is 0 Å². The van der Waals surface area contributed by atoms with Crippen LogP contribution in [0.2, 0.25) is 5.02 Å². The van der Waals surface area contributed by atoms with Gasteiger partial charge in [-0.15, -0.1) is 11.3 Å². The molecule has 0 aliphatic heterocycles. The van der Waals surface area contributed by atoms with Crippen LogP contribution in [0, 0.1) is 0 Å². The van der Waals surface area contributed by atoms with Crippen molar-refractivity contribution in [3.63, 3.8) is 0 Å². The average molecular weight is 383 g/mol. The molecule has 0 radical (unpaired) electrons. The van der Waals surface area contributed by atoms with Crippen LogP contribution in [0.1, 0.15) is 10.4 Å². The fourth-order valence-electron chi connectivity index (χ4n) is 1.66. The molecular weight excluding hydrogens is 372 g/mol. The first-order valence-electron chi connectivity index (χ1n) is 5.71. The van der Waals surface area contributed by atoms with E-state index in [-0.39, 0.29) is 5.75 Å². The molecule has 1 aromatic heterocycles. The minimum Gasteiger partial charge on any atom is -0.434 e. The van der Waals surface area contributed by atoms with E-state index < -0.39 is 6.61 Å². The van der Waals surface area contributed by atoms with E-state index in [4.69, 9.17) is 11.6 Å². The molecule has 2 nitrogen and oxygen atoms in total. The molecule has 108 valence electrons. The Hall–Kier alpha value is -0.690. The Balaban J connectivity index is 1.98. The van der Waals surface area contributed by atoms with Crippen LogP contribution in [0.5, 0.6) is 5.75 Å². The molecule has 20 heavy (non-hydrogen) atoms. The first-order chi connectivity index (χ1) is 9.54. The van der Waals surface area contributed by atoms with E-state index >= 15 is 0 Å². The number of nitrogens with one attached hydrogen (secondary N) is 1. The van der Waals surface area contributed by atoms with Gasteiger partial charge in [-0.3, -0.25) is 0 Å². The second-order valence-electron chi connectivity index (χ2n) is 3.97. The molecule has 0 spiro atoms. The van der Waals surface area contributed by atoms with E-state index in [0.29, 0.717) is 23.7 Å². The van der Waals surface area contributed by atoms with Crippen LogP contribution in [-0.4, -0.2) is 6.61 Å². The van der Waals surface area contributed by atoms with E-state index in [1.54, 1.807) is 17.4 Å². The van der Waals surface area contributed by atoms with Crippen LogP contribution in [0.3, 0.4) is 0 Å². The number of benzene rings is 1. The summed E-state index contributed by atoms with van der Waals surface area (Å²) < 4.78 is 30.1. The topological polar surface area (TPSA) is 21.3 Å². The number of thiophene rings is 1. The number of hydrogen-bond acceptors (Lipinski definition) is 3. The quantitative estimate of drug-likeness (QED) is 0.754. The Bertz CT molecular complexity index is 579. The lowest BCUT2D eigenvalue weighted by Crippen LogP contribution is -2.14. The zero-order valence-electron chi connectivity index (χ0n) is 10.2. The van der Waals surface area contributed by atoms with E-state index in [1.807, 2.05) is 11.4 Å². The van der Waals surface area contributed by atoms with Gasteiger partial charge in [0, 0.05) is 38.4 Å². The number of ether oxygens (including phenoxy) is 1. The van der Waals surface area contributed by atoms with Gasteiger partial charge in [-0.25, -0.2) is 0 Å². The lowest BCUT2D eigenvalue weighted by atomic mass is 10.2.